The summed E-state index contributed by atoms with van der Waals surface area (Å²) in [5.74, 6) is -1.81. The van der Waals surface area contributed by atoms with E-state index in [1.807, 2.05) is 0 Å². The summed E-state index contributed by atoms with van der Waals surface area (Å²) in [4.78, 5) is 0. The molecule has 0 nitrogen and oxygen atoms in total. The van der Waals surface area contributed by atoms with Gasteiger partial charge in [0.05, 0.1) is 0 Å². The first-order chi connectivity index (χ1) is 6.79. The largest absolute Gasteiger partial charge is 0.203 e. The third-order valence-corrected chi connectivity index (χ3v) is 1.92. The van der Waals surface area contributed by atoms with E-state index in [2.05, 4.69) is 12.1 Å². The van der Waals surface area contributed by atoms with Crippen molar-refractivity contribution in [1.29, 1.82) is 0 Å². The number of halogens is 2. The Hall–Kier alpha value is -1.70. The van der Waals surface area contributed by atoms with Gasteiger partial charge in [-0.05, 0) is 11.6 Å². The molecule has 2 heteroatoms. The predicted octanol–water partition coefficient (Wildman–Crippen LogP) is 3.23. The zero-order valence-corrected chi connectivity index (χ0v) is 7.22. The molecule has 0 N–H and O–H groups in total. The maximum Gasteiger partial charge on any atom is 0.167 e. The first-order valence-corrected chi connectivity index (χ1v) is 4.11. The molecule has 0 saturated carbocycles. The van der Waals surface area contributed by atoms with Crippen LogP contribution in [0.2, 0.25) is 0 Å². The zero-order chi connectivity index (χ0) is 9.97. The molecule has 0 saturated heterocycles. The number of hydrogen-bond donors (Lipinski definition) is 0. The summed E-state index contributed by atoms with van der Waals surface area (Å²) in [5.41, 5.74) is 0.879. The predicted molar refractivity (Wildman–Crippen MR) is 49.5 cm³/mol. The standard InChI is InChI=1S/C12H6F2/c13-11-8-4-7-10(12(11)14)9-5-2-1-3-6-9/h2-7H. The van der Waals surface area contributed by atoms with Crippen LogP contribution in [-0.4, -0.2) is 0 Å². The fourth-order valence-electron chi connectivity index (χ4n) is 1.24. The van der Waals surface area contributed by atoms with E-state index < -0.39 is 11.6 Å². The third-order valence-electron chi connectivity index (χ3n) is 1.92. The second-order valence-electron chi connectivity index (χ2n) is 2.81. The summed E-state index contributed by atoms with van der Waals surface area (Å²) < 4.78 is 26.1. The monoisotopic (exact) mass is 188 g/mol. The fourth-order valence-corrected chi connectivity index (χ4v) is 1.24. The average Bonchev–Trinajstić information content (AvgIpc) is 2.23. The van der Waals surface area contributed by atoms with Crippen LogP contribution in [0.15, 0.2) is 36.4 Å². The Kier molecular flexibility index (Phi) is 2.27. The van der Waals surface area contributed by atoms with Crippen LogP contribution < -0.4 is 0 Å². The lowest BCUT2D eigenvalue weighted by atomic mass is 10.1. The van der Waals surface area contributed by atoms with E-state index in [9.17, 15) is 8.78 Å². The van der Waals surface area contributed by atoms with E-state index in [0.717, 1.165) is 0 Å². The van der Waals surface area contributed by atoms with Gasteiger partial charge in [-0.15, -0.1) is 0 Å². The van der Waals surface area contributed by atoms with E-state index in [-0.39, 0.29) is 5.56 Å². The fraction of sp³-hybridized carbons (Fsp3) is 0. The Labute approximate surface area is 80.8 Å². The Bertz CT molecular complexity index is 435. The topological polar surface area (TPSA) is 0 Å². The molecule has 0 spiro atoms. The highest BCUT2D eigenvalue weighted by Crippen LogP contribution is 2.23. The van der Waals surface area contributed by atoms with Crippen molar-refractivity contribution in [3.8, 4) is 11.1 Å². The summed E-state index contributed by atoms with van der Waals surface area (Å²) in [5, 5.41) is 0. The van der Waals surface area contributed by atoms with Crippen LogP contribution in [0, 0.1) is 23.8 Å². The van der Waals surface area contributed by atoms with Gasteiger partial charge in [0.2, 0.25) is 0 Å². The quantitative estimate of drug-likeness (QED) is 0.644. The first-order valence-electron chi connectivity index (χ1n) is 4.11. The molecular weight excluding hydrogens is 182 g/mol. The van der Waals surface area contributed by atoms with Crippen molar-refractivity contribution in [2.45, 2.75) is 0 Å². The summed E-state index contributed by atoms with van der Waals surface area (Å²) in [6, 6.07) is 14.5. The summed E-state index contributed by atoms with van der Waals surface area (Å²) in [7, 11) is 0. The van der Waals surface area contributed by atoms with Gasteiger partial charge in [0.1, 0.15) is 0 Å². The van der Waals surface area contributed by atoms with Crippen LogP contribution in [0.5, 0.6) is 0 Å². The highest BCUT2D eigenvalue weighted by Gasteiger charge is 2.08. The molecule has 0 fully saturated rings. The first kappa shape index (κ1) is 8.88. The lowest BCUT2D eigenvalue weighted by Crippen LogP contribution is -1.88. The molecule has 0 aliphatic rings. The minimum Gasteiger partial charge on any atom is -0.203 e. The molecule has 14 heavy (non-hydrogen) atoms. The van der Waals surface area contributed by atoms with Crippen molar-refractivity contribution >= 4 is 0 Å². The van der Waals surface area contributed by atoms with Gasteiger partial charge in [0.25, 0.3) is 0 Å². The van der Waals surface area contributed by atoms with Crippen LogP contribution >= 0.6 is 0 Å². The van der Waals surface area contributed by atoms with E-state index >= 15 is 0 Å². The van der Waals surface area contributed by atoms with E-state index in [1.165, 1.54) is 12.1 Å². The van der Waals surface area contributed by atoms with Crippen LogP contribution in [0.3, 0.4) is 0 Å². The van der Waals surface area contributed by atoms with Gasteiger partial charge >= 0.3 is 0 Å². The van der Waals surface area contributed by atoms with Crippen molar-refractivity contribution in [3.05, 3.63) is 60.2 Å². The second-order valence-corrected chi connectivity index (χ2v) is 2.81. The minimum atomic E-state index is -0.949. The van der Waals surface area contributed by atoms with Crippen molar-refractivity contribution in [1.82, 2.24) is 0 Å². The Balaban J connectivity index is 2.58. The third kappa shape index (κ3) is 1.51. The molecule has 2 radical (unpaired) electrons. The molecule has 0 amide bonds. The SMILES string of the molecule is Fc1[c]ccc(-c2cc[c]cc2)c1F. The molecule has 2 aromatic carbocycles. The minimum absolute atomic E-state index is 0.246. The van der Waals surface area contributed by atoms with E-state index in [1.54, 1.807) is 24.3 Å². The Morgan fingerprint density at radius 2 is 1.64 bits per heavy atom. The van der Waals surface area contributed by atoms with Crippen LogP contribution in [0.1, 0.15) is 0 Å². The van der Waals surface area contributed by atoms with Crippen molar-refractivity contribution in [2.75, 3.05) is 0 Å². The molecule has 0 aliphatic heterocycles. The van der Waals surface area contributed by atoms with Gasteiger partial charge in [-0.25, -0.2) is 8.78 Å². The number of rotatable bonds is 1. The molecule has 68 valence electrons. The second kappa shape index (κ2) is 3.58. The van der Waals surface area contributed by atoms with Gasteiger partial charge < -0.3 is 0 Å². The number of benzene rings is 2. The average molecular weight is 188 g/mol. The molecule has 0 bridgehead atoms. The molecule has 0 heterocycles. The van der Waals surface area contributed by atoms with Crippen LogP contribution in [0.4, 0.5) is 8.78 Å². The highest BCUT2D eigenvalue weighted by molar-refractivity contribution is 5.63. The van der Waals surface area contributed by atoms with E-state index in [4.69, 9.17) is 0 Å². The lowest BCUT2D eigenvalue weighted by molar-refractivity contribution is 0.509. The van der Waals surface area contributed by atoms with Gasteiger partial charge in [-0.3, -0.25) is 0 Å². The van der Waals surface area contributed by atoms with Crippen molar-refractivity contribution < 1.29 is 8.78 Å². The summed E-state index contributed by atoms with van der Waals surface area (Å²) in [6.07, 6.45) is 0. The highest BCUT2D eigenvalue weighted by atomic mass is 19.2. The molecule has 0 atom stereocenters. The zero-order valence-electron chi connectivity index (χ0n) is 7.22. The van der Waals surface area contributed by atoms with Gasteiger partial charge in [0.15, 0.2) is 11.6 Å². The lowest BCUT2D eigenvalue weighted by Gasteiger charge is -2.02. The van der Waals surface area contributed by atoms with Gasteiger partial charge in [-0.2, -0.15) is 0 Å². The summed E-state index contributed by atoms with van der Waals surface area (Å²) >= 11 is 0. The Morgan fingerprint density at radius 1 is 0.929 bits per heavy atom. The molecule has 0 aliphatic carbocycles. The number of hydrogen-bond acceptors (Lipinski definition) is 0. The van der Waals surface area contributed by atoms with Crippen LogP contribution in [0.25, 0.3) is 11.1 Å². The van der Waals surface area contributed by atoms with Gasteiger partial charge in [-0.1, -0.05) is 36.4 Å². The van der Waals surface area contributed by atoms with Crippen molar-refractivity contribution in [3.63, 3.8) is 0 Å². The molecule has 2 aromatic rings. The smallest absolute Gasteiger partial charge is 0.167 e. The summed E-state index contributed by atoms with van der Waals surface area (Å²) in [6.45, 7) is 0. The molecule has 0 unspecified atom stereocenters. The Morgan fingerprint density at radius 3 is 2.36 bits per heavy atom. The van der Waals surface area contributed by atoms with Gasteiger partial charge in [0, 0.05) is 11.6 Å². The normalized spacial score (nSPS) is 10.1. The maximum absolute atomic E-state index is 13.3. The molecule has 0 aromatic heterocycles. The van der Waals surface area contributed by atoms with E-state index in [0.29, 0.717) is 5.56 Å². The maximum atomic E-state index is 13.3. The molecule has 2 rings (SSSR count). The van der Waals surface area contributed by atoms with Crippen molar-refractivity contribution in [2.24, 2.45) is 0 Å². The van der Waals surface area contributed by atoms with Crippen LogP contribution in [-0.2, 0) is 0 Å². The molecular formula is C12H6F2.